The summed E-state index contributed by atoms with van der Waals surface area (Å²) in [5.74, 6) is 0.0237. The van der Waals surface area contributed by atoms with E-state index < -0.39 is 0 Å². The molecule has 1 N–H and O–H groups in total. The Hall–Kier alpha value is -1.13. The van der Waals surface area contributed by atoms with Crippen molar-refractivity contribution in [3.8, 4) is 0 Å². The third-order valence-corrected chi connectivity index (χ3v) is 3.97. The second-order valence-corrected chi connectivity index (χ2v) is 6.48. The summed E-state index contributed by atoms with van der Waals surface area (Å²) in [5, 5.41) is 3.02. The predicted octanol–water partition coefficient (Wildman–Crippen LogP) is 4.63. The van der Waals surface area contributed by atoms with E-state index in [2.05, 4.69) is 37.2 Å². The maximum Gasteiger partial charge on any atom is 0.224 e. The molecule has 20 heavy (non-hydrogen) atoms. The Morgan fingerprint density at radius 1 is 1.10 bits per heavy atom. The molecule has 2 aromatic rings. The number of carbonyl (C=O) groups is 1. The number of hydrogen-bond acceptors (Lipinski definition) is 1. The Morgan fingerprint density at radius 3 is 2.40 bits per heavy atom. The molecule has 2 nitrogen and oxygen atoms in total. The monoisotopic (exact) mass is 395 g/mol. The average molecular weight is 397 g/mol. The molecule has 1 amide bonds. The van der Waals surface area contributed by atoms with Crippen molar-refractivity contribution < 1.29 is 4.79 Å². The largest absolute Gasteiger partial charge is 0.349 e. The van der Waals surface area contributed by atoms with Crippen LogP contribution in [-0.2, 0) is 11.2 Å². The Bertz CT molecular complexity index is 613. The molecule has 2 rings (SSSR count). The summed E-state index contributed by atoms with van der Waals surface area (Å²) in [6.45, 7) is 1.99. The molecule has 0 radical (unpaired) electrons. The van der Waals surface area contributed by atoms with E-state index in [1.165, 1.54) is 0 Å². The van der Waals surface area contributed by atoms with Crippen molar-refractivity contribution in [2.24, 2.45) is 0 Å². The van der Waals surface area contributed by atoms with Crippen molar-refractivity contribution in [3.05, 3.63) is 68.6 Å². The highest BCUT2D eigenvalue weighted by Crippen LogP contribution is 2.18. The predicted molar refractivity (Wildman–Crippen MR) is 88.5 cm³/mol. The molecule has 104 valence electrons. The maximum absolute atomic E-state index is 12.1. The van der Waals surface area contributed by atoms with E-state index in [9.17, 15) is 4.79 Å². The van der Waals surface area contributed by atoms with E-state index in [-0.39, 0.29) is 11.9 Å². The summed E-state index contributed by atoms with van der Waals surface area (Å²) in [6.07, 6.45) is 0.387. The molecule has 0 aromatic heterocycles. The van der Waals surface area contributed by atoms with E-state index in [4.69, 9.17) is 0 Å². The summed E-state index contributed by atoms with van der Waals surface area (Å²) in [7, 11) is 0. The van der Waals surface area contributed by atoms with Gasteiger partial charge in [0.15, 0.2) is 0 Å². The van der Waals surface area contributed by atoms with Crippen molar-refractivity contribution in [1.82, 2.24) is 5.32 Å². The molecule has 0 saturated heterocycles. The summed E-state index contributed by atoms with van der Waals surface area (Å²) < 4.78 is 2.01. The van der Waals surface area contributed by atoms with Gasteiger partial charge in [0.05, 0.1) is 12.5 Å². The van der Waals surface area contributed by atoms with Crippen LogP contribution in [0.25, 0.3) is 0 Å². The van der Waals surface area contributed by atoms with E-state index in [1.54, 1.807) is 0 Å². The maximum atomic E-state index is 12.1. The minimum Gasteiger partial charge on any atom is -0.349 e. The van der Waals surface area contributed by atoms with E-state index in [1.807, 2.05) is 55.5 Å². The van der Waals surface area contributed by atoms with Crippen molar-refractivity contribution in [3.63, 3.8) is 0 Å². The highest BCUT2D eigenvalue weighted by atomic mass is 79.9. The topological polar surface area (TPSA) is 29.1 Å². The molecule has 1 unspecified atom stereocenters. The second-order valence-electron chi connectivity index (χ2n) is 4.65. The second kappa shape index (κ2) is 7.04. The van der Waals surface area contributed by atoms with Crippen LogP contribution in [0.4, 0.5) is 0 Å². The fourth-order valence-electron chi connectivity index (χ4n) is 1.98. The lowest BCUT2D eigenvalue weighted by Gasteiger charge is -2.14. The molecule has 0 bridgehead atoms. The van der Waals surface area contributed by atoms with Gasteiger partial charge in [-0.25, -0.2) is 0 Å². The minimum atomic E-state index is -0.00727. The van der Waals surface area contributed by atoms with Gasteiger partial charge in [-0.05, 0) is 42.3 Å². The third-order valence-electron chi connectivity index (χ3n) is 2.98. The van der Waals surface area contributed by atoms with Crippen LogP contribution in [0.15, 0.2) is 57.5 Å². The Balaban J connectivity index is 1.97. The molecule has 0 saturated carbocycles. The minimum absolute atomic E-state index is 0.00727. The van der Waals surface area contributed by atoms with Gasteiger partial charge in [0, 0.05) is 8.95 Å². The number of nitrogens with one attached hydrogen (secondary N) is 1. The number of hydrogen-bond donors (Lipinski definition) is 1. The van der Waals surface area contributed by atoms with Crippen LogP contribution in [0, 0.1) is 0 Å². The van der Waals surface area contributed by atoms with Gasteiger partial charge in [0.2, 0.25) is 5.91 Å². The zero-order chi connectivity index (χ0) is 14.5. The van der Waals surface area contributed by atoms with Crippen LogP contribution in [0.3, 0.4) is 0 Å². The van der Waals surface area contributed by atoms with E-state index >= 15 is 0 Å². The van der Waals surface area contributed by atoms with Crippen LogP contribution in [0.2, 0.25) is 0 Å². The van der Waals surface area contributed by atoms with Gasteiger partial charge in [-0.2, -0.15) is 0 Å². The van der Waals surface area contributed by atoms with E-state index in [0.717, 1.165) is 20.1 Å². The molecular formula is C16H15Br2NO. The lowest BCUT2D eigenvalue weighted by molar-refractivity contribution is -0.121. The smallest absolute Gasteiger partial charge is 0.224 e. The summed E-state index contributed by atoms with van der Waals surface area (Å²) in [6, 6.07) is 15.8. The standard InChI is InChI=1S/C16H15Br2NO/c1-11(13-5-3-7-15(18)10-13)19-16(20)9-12-4-2-6-14(17)8-12/h2-8,10-11H,9H2,1H3,(H,19,20). The Kier molecular flexibility index (Phi) is 5.38. The molecule has 0 aliphatic rings. The van der Waals surface area contributed by atoms with Gasteiger partial charge in [0.1, 0.15) is 0 Å². The Labute approximate surface area is 135 Å². The molecule has 0 fully saturated rings. The summed E-state index contributed by atoms with van der Waals surface area (Å²) in [5.41, 5.74) is 2.08. The number of rotatable bonds is 4. The summed E-state index contributed by atoms with van der Waals surface area (Å²) in [4.78, 5) is 12.1. The molecule has 1 atom stereocenters. The zero-order valence-electron chi connectivity index (χ0n) is 11.1. The molecule has 0 aliphatic heterocycles. The third kappa shape index (κ3) is 4.46. The Morgan fingerprint density at radius 2 is 1.75 bits per heavy atom. The molecule has 0 aliphatic carbocycles. The van der Waals surface area contributed by atoms with Gasteiger partial charge < -0.3 is 5.32 Å². The van der Waals surface area contributed by atoms with Crippen LogP contribution < -0.4 is 5.32 Å². The van der Waals surface area contributed by atoms with Crippen molar-refractivity contribution in [2.75, 3.05) is 0 Å². The van der Waals surface area contributed by atoms with E-state index in [0.29, 0.717) is 6.42 Å². The highest BCUT2D eigenvalue weighted by Gasteiger charge is 2.10. The lowest BCUT2D eigenvalue weighted by Crippen LogP contribution is -2.28. The van der Waals surface area contributed by atoms with Crippen LogP contribution in [-0.4, -0.2) is 5.91 Å². The number of carbonyl (C=O) groups excluding carboxylic acids is 1. The molecule has 2 aromatic carbocycles. The number of benzene rings is 2. The average Bonchev–Trinajstić information content (AvgIpc) is 2.38. The van der Waals surface area contributed by atoms with Crippen molar-refractivity contribution in [2.45, 2.75) is 19.4 Å². The fourth-order valence-corrected chi connectivity index (χ4v) is 2.85. The SMILES string of the molecule is CC(NC(=O)Cc1cccc(Br)c1)c1cccc(Br)c1. The lowest BCUT2D eigenvalue weighted by atomic mass is 10.1. The van der Waals surface area contributed by atoms with Crippen molar-refractivity contribution in [1.29, 1.82) is 0 Å². The van der Waals surface area contributed by atoms with Crippen molar-refractivity contribution >= 4 is 37.8 Å². The fraction of sp³-hybridized carbons (Fsp3) is 0.188. The van der Waals surface area contributed by atoms with Gasteiger partial charge in [0.25, 0.3) is 0 Å². The number of amides is 1. The molecular weight excluding hydrogens is 382 g/mol. The quantitative estimate of drug-likeness (QED) is 0.801. The van der Waals surface area contributed by atoms with Gasteiger partial charge >= 0.3 is 0 Å². The first-order valence-electron chi connectivity index (χ1n) is 6.34. The van der Waals surface area contributed by atoms with Crippen LogP contribution in [0.1, 0.15) is 24.1 Å². The van der Waals surface area contributed by atoms with Gasteiger partial charge in [-0.1, -0.05) is 56.1 Å². The first-order valence-corrected chi connectivity index (χ1v) is 7.92. The summed E-state index contributed by atoms with van der Waals surface area (Å²) >= 11 is 6.85. The van der Waals surface area contributed by atoms with Gasteiger partial charge in [-0.15, -0.1) is 0 Å². The normalized spacial score (nSPS) is 11.9. The molecule has 4 heteroatoms. The first-order chi connectivity index (χ1) is 9.54. The zero-order valence-corrected chi connectivity index (χ0v) is 14.2. The van der Waals surface area contributed by atoms with Crippen LogP contribution >= 0.6 is 31.9 Å². The van der Waals surface area contributed by atoms with Crippen LogP contribution in [0.5, 0.6) is 0 Å². The molecule has 0 spiro atoms. The number of halogens is 2. The molecule has 0 heterocycles. The first kappa shape index (κ1) is 15.3. The highest BCUT2D eigenvalue weighted by molar-refractivity contribution is 9.10. The van der Waals surface area contributed by atoms with Gasteiger partial charge in [-0.3, -0.25) is 4.79 Å².